The molecule has 0 saturated carbocycles. The predicted octanol–water partition coefficient (Wildman–Crippen LogP) is 2.97. The number of nitrogens with one attached hydrogen (secondary N) is 2. The van der Waals surface area contributed by atoms with Crippen LogP contribution in [0, 0.1) is 6.92 Å². The van der Waals surface area contributed by atoms with Crippen LogP contribution >= 0.6 is 0 Å². The van der Waals surface area contributed by atoms with Crippen molar-refractivity contribution in [1.82, 2.24) is 10.3 Å². The first-order valence-corrected chi connectivity index (χ1v) is 5.47. The number of para-hydroxylation sites is 1. The molecule has 2 aromatic rings. The van der Waals surface area contributed by atoms with E-state index in [9.17, 15) is 0 Å². The minimum atomic E-state index is 0.525. The molecule has 2 nitrogen and oxygen atoms in total. The van der Waals surface area contributed by atoms with Gasteiger partial charge in [-0.3, -0.25) is 0 Å². The van der Waals surface area contributed by atoms with Gasteiger partial charge in [-0.1, -0.05) is 32.0 Å². The van der Waals surface area contributed by atoms with Crippen molar-refractivity contribution >= 4 is 10.9 Å². The van der Waals surface area contributed by atoms with Crippen LogP contribution in [0.4, 0.5) is 0 Å². The molecule has 1 heterocycles. The molecular formula is C13H18N2. The average Bonchev–Trinajstić information content (AvgIpc) is 2.59. The monoisotopic (exact) mass is 202 g/mol. The fraction of sp³-hybridized carbons (Fsp3) is 0.385. The van der Waals surface area contributed by atoms with E-state index in [0.29, 0.717) is 6.04 Å². The van der Waals surface area contributed by atoms with E-state index in [1.807, 2.05) is 0 Å². The van der Waals surface area contributed by atoms with Crippen LogP contribution in [-0.4, -0.2) is 11.0 Å². The number of hydrogen-bond donors (Lipinski definition) is 2. The maximum atomic E-state index is 3.46. The van der Waals surface area contributed by atoms with Gasteiger partial charge in [0, 0.05) is 23.8 Å². The van der Waals surface area contributed by atoms with Crippen LogP contribution in [0.5, 0.6) is 0 Å². The second kappa shape index (κ2) is 4.07. The first-order valence-electron chi connectivity index (χ1n) is 5.47. The van der Waals surface area contributed by atoms with Gasteiger partial charge in [0.05, 0.1) is 0 Å². The highest BCUT2D eigenvalue weighted by molar-refractivity contribution is 5.83. The quantitative estimate of drug-likeness (QED) is 0.786. The van der Waals surface area contributed by atoms with Gasteiger partial charge in [0.1, 0.15) is 0 Å². The van der Waals surface area contributed by atoms with Crippen molar-refractivity contribution in [3.63, 3.8) is 0 Å². The summed E-state index contributed by atoms with van der Waals surface area (Å²) in [6, 6.07) is 9.14. The van der Waals surface area contributed by atoms with Gasteiger partial charge in [0.25, 0.3) is 0 Å². The fourth-order valence-electron chi connectivity index (χ4n) is 1.78. The molecule has 2 N–H and O–H groups in total. The standard InChI is InChI=1S/C13H18N2/c1-9(2)14-8-12-7-11-6-4-5-10(3)13(11)15-12/h4-7,9,14-15H,8H2,1-3H3. The van der Waals surface area contributed by atoms with Gasteiger partial charge in [-0.15, -0.1) is 0 Å². The summed E-state index contributed by atoms with van der Waals surface area (Å²) in [6.07, 6.45) is 0. The Kier molecular flexibility index (Phi) is 2.78. The summed E-state index contributed by atoms with van der Waals surface area (Å²) in [7, 11) is 0. The third-order valence-electron chi connectivity index (χ3n) is 2.62. The van der Waals surface area contributed by atoms with E-state index in [1.54, 1.807) is 0 Å². The number of aromatic amines is 1. The largest absolute Gasteiger partial charge is 0.357 e. The molecular weight excluding hydrogens is 184 g/mol. The van der Waals surface area contributed by atoms with Gasteiger partial charge in [-0.25, -0.2) is 0 Å². The highest BCUT2D eigenvalue weighted by Gasteiger charge is 2.02. The lowest BCUT2D eigenvalue weighted by molar-refractivity contribution is 0.583. The van der Waals surface area contributed by atoms with Crippen molar-refractivity contribution in [1.29, 1.82) is 0 Å². The van der Waals surface area contributed by atoms with E-state index in [0.717, 1.165) is 6.54 Å². The Bertz CT molecular complexity index is 455. The molecule has 0 spiro atoms. The Hall–Kier alpha value is -1.28. The molecule has 0 amide bonds. The van der Waals surface area contributed by atoms with Crippen LogP contribution in [0.25, 0.3) is 10.9 Å². The lowest BCUT2D eigenvalue weighted by Crippen LogP contribution is -2.21. The van der Waals surface area contributed by atoms with Crippen molar-refractivity contribution in [3.05, 3.63) is 35.5 Å². The number of benzene rings is 1. The molecule has 0 aliphatic heterocycles. The molecule has 2 heteroatoms. The molecule has 0 bridgehead atoms. The minimum Gasteiger partial charge on any atom is -0.357 e. The zero-order valence-electron chi connectivity index (χ0n) is 9.59. The zero-order chi connectivity index (χ0) is 10.8. The molecule has 2 rings (SSSR count). The van der Waals surface area contributed by atoms with Gasteiger partial charge in [0.15, 0.2) is 0 Å². The lowest BCUT2D eigenvalue weighted by Gasteiger charge is -2.05. The molecule has 0 unspecified atom stereocenters. The highest BCUT2D eigenvalue weighted by Crippen LogP contribution is 2.18. The Labute approximate surface area is 90.7 Å². The van der Waals surface area contributed by atoms with Crippen molar-refractivity contribution < 1.29 is 0 Å². The molecule has 15 heavy (non-hydrogen) atoms. The molecule has 0 aliphatic carbocycles. The number of rotatable bonds is 3. The van der Waals surface area contributed by atoms with Crippen molar-refractivity contribution in [3.8, 4) is 0 Å². The number of aryl methyl sites for hydroxylation is 1. The van der Waals surface area contributed by atoms with Crippen molar-refractivity contribution in [2.24, 2.45) is 0 Å². The Balaban J connectivity index is 2.27. The number of fused-ring (bicyclic) bond motifs is 1. The molecule has 0 saturated heterocycles. The van der Waals surface area contributed by atoms with E-state index in [4.69, 9.17) is 0 Å². The first kappa shape index (κ1) is 10.2. The van der Waals surface area contributed by atoms with Gasteiger partial charge in [0.2, 0.25) is 0 Å². The second-order valence-electron chi connectivity index (χ2n) is 4.37. The summed E-state index contributed by atoms with van der Waals surface area (Å²) in [5.74, 6) is 0. The molecule has 0 fully saturated rings. The van der Waals surface area contributed by atoms with Crippen LogP contribution in [0.1, 0.15) is 25.1 Å². The normalized spacial score (nSPS) is 11.5. The van der Waals surface area contributed by atoms with E-state index >= 15 is 0 Å². The summed E-state index contributed by atoms with van der Waals surface area (Å²) < 4.78 is 0. The van der Waals surface area contributed by atoms with Crippen LogP contribution < -0.4 is 5.32 Å². The minimum absolute atomic E-state index is 0.525. The summed E-state index contributed by atoms with van der Waals surface area (Å²) in [5, 5.41) is 4.71. The predicted molar refractivity (Wildman–Crippen MR) is 65.0 cm³/mol. The van der Waals surface area contributed by atoms with Gasteiger partial charge in [-0.05, 0) is 23.9 Å². The van der Waals surface area contributed by atoms with E-state index in [-0.39, 0.29) is 0 Å². The van der Waals surface area contributed by atoms with E-state index in [2.05, 4.69) is 55.3 Å². The molecule has 1 aromatic heterocycles. The van der Waals surface area contributed by atoms with Crippen molar-refractivity contribution in [2.45, 2.75) is 33.4 Å². The topological polar surface area (TPSA) is 27.8 Å². The van der Waals surface area contributed by atoms with E-state index in [1.165, 1.54) is 22.2 Å². The summed E-state index contributed by atoms with van der Waals surface area (Å²) in [6.45, 7) is 7.37. The van der Waals surface area contributed by atoms with Gasteiger partial charge < -0.3 is 10.3 Å². The third-order valence-corrected chi connectivity index (χ3v) is 2.62. The Morgan fingerprint density at radius 1 is 1.33 bits per heavy atom. The second-order valence-corrected chi connectivity index (χ2v) is 4.37. The highest BCUT2D eigenvalue weighted by atomic mass is 14.9. The molecule has 0 aliphatic rings. The van der Waals surface area contributed by atoms with Crippen LogP contribution in [0.15, 0.2) is 24.3 Å². The van der Waals surface area contributed by atoms with Crippen molar-refractivity contribution in [2.75, 3.05) is 0 Å². The summed E-state index contributed by atoms with van der Waals surface area (Å²) in [5.41, 5.74) is 3.83. The van der Waals surface area contributed by atoms with Crippen LogP contribution in [-0.2, 0) is 6.54 Å². The first-order chi connectivity index (χ1) is 7.16. The molecule has 1 aromatic carbocycles. The van der Waals surface area contributed by atoms with Crippen LogP contribution in [0.2, 0.25) is 0 Å². The average molecular weight is 202 g/mol. The number of aromatic nitrogens is 1. The summed E-state index contributed by atoms with van der Waals surface area (Å²) >= 11 is 0. The van der Waals surface area contributed by atoms with Crippen LogP contribution in [0.3, 0.4) is 0 Å². The number of hydrogen-bond acceptors (Lipinski definition) is 1. The molecule has 80 valence electrons. The lowest BCUT2D eigenvalue weighted by atomic mass is 10.2. The molecule has 0 radical (unpaired) electrons. The SMILES string of the molecule is Cc1cccc2cc(CNC(C)C)[nH]c12. The molecule has 0 atom stereocenters. The number of H-pyrrole nitrogens is 1. The maximum absolute atomic E-state index is 3.46. The van der Waals surface area contributed by atoms with Gasteiger partial charge in [-0.2, -0.15) is 0 Å². The fourth-order valence-corrected chi connectivity index (χ4v) is 1.78. The summed E-state index contributed by atoms with van der Waals surface area (Å²) in [4.78, 5) is 3.46. The van der Waals surface area contributed by atoms with E-state index < -0.39 is 0 Å². The maximum Gasteiger partial charge on any atom is 0.0486 e. The van der Waals surface area contributed by atoms with Gasteiger partial charge >= 0.3 is 0 Å². The Morgan fingerprint density at radius 3 is 2.80 bits per heavy atom. The smallest absolute Gasteiger partial charge is 0.0486 e. The third kappa shape index (κ3) is 2.21. The Morgan fingerprint density at radius 2 is 2.13 bits per heavy atom. The zero-order valence-corrected chi connectivity index (χ0v) is 9.59.